The molecule has 0 aromatic heterocycles. The van der Waals surface area contributed by atoms with Gasteiger partial charge in [0.05, 0.1) is 0 Å². The summed E-state index contributed by atoms with van der Waals surface area (Å²) in [4.78, 5) is 24.4. The Balaban J connectivity index is 1.47. The van der Waals surface area contributed by atoms with E-state index < -0.39 is 17.8 Å². The van der Waals surface area contributed by atoms with Crippen LogP contribution in [0, 0.1) is 28.6 Å². The van der Waals surface area contributed by atoms with Crippen LogP contribution in [0.2, 0.25) is 0 Å². The van der Waals surface area contributed by atoms with Crippen LogP contribution in [0.25, 0.3) is 0 Å². The smallest absolute Gasteiger partial charge is 0.333 e. The first-order valence-electron chi connectivity index (χ1n) is 13.3. The number of ether oxygens (including phenoxy) is 2. The van der Waals surface area contributed by atoms with Crippen LogP contribution in [0.3, 0.4) is 0 Å². The number of hydrogen-bond donors (Lipinski definition) is 1. The van der Waals surface area contributed by atoms with Gasteiger partial charge in [0.2, 0.25) is 0 Å². The topological polar surface area (TPSA) is 72.8 Å². The average molecular weight is 481 g/mol. The predicted octanol–water partition coefficient (Wildman–Crippen LogP) is 5.60. The van der Waals surface area contributed by atoms with Gasteiger partial charge in [0.1, 0.15) is 17.8 Å². The third kappa shape index (κ3) is 3.68. The van der Waals surface area contributed by atoms with Crippen LogP contribution in [0.5, 0.6) is 0 Å². The molecule has 190 valence electrons. The van der Waals surface area contributed by atoms with Crippen molar-refractivity contribution in [3.05, 3.63) is 46.6 Å². The van der Waals surface area contributed by atoms with E-state index in [1.54, 1.807) is 24.6 Å². The van der Waals surface area contributed by atoms with Crippen LogP contribution in [0.4, 0.5) is 0 Å². The number of allylic oxidation sites excluding steroid dienone is 4. The van der Waals surface area contributed by atoms with E-state index in [1.165, 1.54) is 11.1 Å². The van der Waals surface area contributed by atoms with Crippen molar-refractivity contribution in [1.29, 1.82) is 0 Å². The molecule has 0 spiro atoms. The highest BCUT2D eigenvalue weighted by Crippen LogP contribution is 2.68. The SMILES string of the molecule is CC1=C[C@H](O)[C@@H]([C@@H](C)[C@H]2CC[C@@]3(C)C4=C(C=C5C=CC(=O)OC(C)(C)[C@@H]5CC4)CC[C@]23C)OC1=O. The van der Waals surface area contributed by atoms with Gasteiger partial charge >= 0.3 is 11.9 Å². The van der Waals surface area contributed by atoms with Gasteiger partial charge in [-0.25, -0.2) is 9.59 Å². The van der Waals surface area contributed by atoms with E-state index in [-0.39, 0.29) is 34.6 Å². The lowest BCUT2D eigenvalue weighted by atomic mass is 9.52. The van der Waals surface area contributed by atoms with Gasteiger partial charge in [0.15, 0.2) is 0 Å². The maximum Gasteiger partial charge on any atom is 0.333 e. The van der Waals surface area contributed by atoms with Crippen molar-refractivity contribution in [1.82, 2.24) is 0 Å². The van der Waals surface area contributed by atoms with E-state index in [0.717, 1.165) is 38.5 Å². The van der Waals surface area contributed by atoms with Gasteiger partial charge in [-0.15, -0.1) is 0 Å². The zero-order valence-electron chi connectivity index (χ0n) is 22.0. The molecule has 35 heavy (non-hydrogen) atoms. The van der Waals surface area contributed by atoms with Crippen molar-refractivity contribution in [3.63, 3.8) is 0 Å². The minimum absolute atomic E-state index is 0.0556. The Morgan fingerprint density at radius 1 is 1.06 bits per heavy atom. The van der Waals surface area contributed by atoms with Gasteiger partial charge in [-0.1, -0.05) is 38.5 Å². The Kier molecular flexibility index (Phi) is 5.75. The molecule has 1 fully saturated rings. The Labute approximate surface area is 209 Å². The molecule has 0 amide bonds. The number of carbonyl (C=O) groups is 2. The summed E-state index contributed by atoms with van der Waals surface area (Å²) in [6.45, 7) is 12.8. The first-order valence-corrected chi connectivity index (χ1v) is 13.3. The van der Waals surface area contributed by atoms with Gasteiger partial charge in [0, 0.05) is 17.6 Å². The second kappa shape index (κ2) is 8.19. The van der Waals surface area contributed by atoms with E-state index in [1.807, 2.05) is 19.9 Å². The molecular formula is C30H40O5. The molecule has 0 bridgehead atoms. The number of rotatable bonds is 2. The number of carbonyl (C=O) groups excluding carboxylic acids is 2. The molecule has 7 atom stereocenters. The molecule has 1 saturated carbocycles. The summed E-state index contributed by atoms with van der Waals surface area (Å²) in [7, 11) is 0. The van der Waals surface area contributed by atoms with Crippen LogP contribution < -0.4 is 0 Å². The molecule has 0 unspecified atom stereocenters. The van der Waals surface area contributed by atoms with Crippen molar-refractivity contribution in [2.24, 2.45) is 28.6 Å². The molecule has 5 aliphatic rings. The van der Waals surface area contributed by atoms with Crippen molar-refractivity contribution >= 4 is 11.9 Å². The molecular weight excluding hydrogens is 440 g/mol. The van der Waals surface area contributed by atoms with Crippen LogP contribution in [0.15, 0.2) is 46.6 Å². The summed E-state index contributed by atoms with van der Waals surface area (Å²) >= 11 is 0. The predicted molar refractivity (Wildman–Crippen MR) is 134 cm³/mol. The van der Waals surface area contributed by atoms with Crippen LogP contribution in [-0.4, -0.2) is 34.9 Å². The van der Waals surface area contributed by atoms with Gasteiger partial charge in [-0.3, -0.25) is 0 Å². The lowest BCUT2D eigenvalue weighted by Crippen LogP contribution is -2.48. The molecule has 0 radical (unpaired) electrons. The molecule has 1 N–H and O–H groups in total. The third-order valence-corrected chi connectivity index (χ3v) is 10.5. The highest BCUT2D eigenvalue weighted by atomic mass is 16.6. The van der Waals surface area contributed by atoms with Crippen molar-refractivity contribution in [2.75, 3.05) is 0 Å². The Bertz CT molecular complexity index is 1070. The zero-order chi connectivity index (χ0) is 25.3. The summed E-state index contributed by atoms with van der Waals surface area (Å²) in [6.07, 6.45) is 12.5. The van der Waals surface area contributed by atoms with Gasteiger partial charge in [-0.2, -0.15) is 0 Å². The van der Waals surface area contributed by atoms with Gasteiger partial charge in [-0.05, 0) is 99.2 Å². The second-order valence-corrected chi connectivity index (χ2v) is 12.6. The fraction of sp³-hybridized carbons (Fsp3) is 0.667. The van der Waals surface area contributed by atoms with E-state index in [9.17, 15) is 14.7 Å². The number of esters is 2. The average Bonchev–Trinajstić information content (AvgIpc) is 2.88. The standard InChI is InChI=1S/C30H40O5/c1-17-15-24(31)26(34-27(17)33)18(2)21-12-14-30(6)23-9-8-22-19(7-10-25(32)35-28(22,3)4)16-20(23)11-13-29(21,30)5/h7,10,15-16,18,21-22,24,26,31H,8-9,11-14H2,1-6H3/t18-,21+,22+,24-,26+,29+,30-/m0/s1. The normalized spacial score (nSPS) is 41.3. The van der Waals surface area contributed by atoms with E-state index >= 15 is 0 Å². The molecule has 3 aliphatic carbocycles. The monoisotopic (exact) mass is 480 g/mol. The largest absolute Gasteiger partial charge is 0.456 e. The number of aliphatic hydroxyl groups excluding tert-OH is 1. The Morgan fingerprint density at radius 2 is 1.80 bits per heavy atom. The summed E-state index contributed by atoms with van der Waals surface area (Å²) < 4.78 is 11.5. The van der Waals surface area contributed by atoms with Crippen LogP contribution in [0.1, 0.15) is 80.1 Å². The van der Waals surface area contributed by atoms with E-state index in [0.29, 0.717) is 11.5 Å². The second-order valence-electron chi connectivity index (χ2n) is 12.6. The van der Waals surface area contributed by atoms with Gasteiger partial charge < -0.3 is 14.6 Å². The number of cyclic esters (lactones) is 2. The quantitative estimate of drug-likeness (QED) is 0.521. The lowest BCUT2D eigenvalue weighted by Gasteiger charge is -2.52. The molecule has 0 aromatic carbocycles. The first-order chi connectivity index (χ1) is 16.4. The first kappa shape index (κ1) is 24.5. The molecule has 5 nitrogen and oxygen atoms in total. The van der Waals surface area contributed by atoms with Crippen molar-refractivity contribution < 1.29 is 24.2 Å². The van der Waals surface area contributed by atoms with Gasteiger partial charge in [0.25, 0.3) is 0 Å². The molecule has 0 aromatic rings. The summed E-state index contributed by atoms with van der Waals surface area (Å²) in [5.74, 6) is 0.0403. The van der Waals surface area contributed by atoms with Crippen LogP contribution in [-0.2, 0) is 19.1 Å². The third-order valence-electron chi connectivity index (χ3n) is 10.5. The molecule has 2 heterocycles. The van der Waals surface area contributed by atoms with E-state index in [2.05, 4.69) is 26.8 Å². The molecule has 2 aliphatic heterocycles. The molecule has 5 heteroatoms. The highest BCUT2D eigenvalue weighted by Gasteiger charge is 2.60. The van der Waals surface area contributed by atoms with Crippen molar-refractivity contribution in [2.45, 2.75) is 97.9 Å². The lowest BCUT2D eigenvalue weighted by molar-refractivity contribution is -0.159. The maximum atomic E-state index is 12.3. The summed E-state index contributed by atoms with van der Waals surface area (Å²) in [5.41, 5.74) is 4.28. The van der Waals surface area contributed by atoms with Crippen molar-refractivity contribution in [3.8, 4) is 0 Å². The molecule has 5 rings (SSSR count). The van der Waals surface area contributed by atoms with E-state index in [4.69, 9.17) is 9.47 Å². The summed E-state index contributed by atoms with van der Waals surface area (Å²) in [6, 6.07) is 0. The Morgan fingerprint density at radius 3 is 2.54 bits per heavy atom. The zero-order valence-corrected chi connectivity index (χ0v) is 22.0. The highest BCUT2D eigenvalue weighted by molar-refractivity contribution is 5.88. The van der Waals surface area contributed by atoms with Crippen LogP contribution >= 0.6 is 0 Å². The number of fused-ring (bicyclic) bond motifs is 3. The fourth-order valence-electron chi connectivity index (χ4n) is 8.30. The number of aliphatic hydroxyl groups is 1. The minimum atomic E-state index is -0.747. The number of hydrogen-bond acceptors (Lipinski definition) is 5. The fourth-order valence-corrected chi connectivity index (χ4v) is 8.30. The molecule has 0 saturated heterocycles. The maximum absolute atomic E-state index is 12.3. The Hall–Kier alpha value is -2.14. The summed E-state index contributed by atoms with van der Waals surface area (Å²) in [5, 5.41) is 10.8. The minimum Gasteiger partial charge on any atom is -0.456 e.